The van der Waals surface area contributed by atoms with Crippen molar-refractivity contribution in [1.82, 2.24) is 20.1 Å². The number of benzene rings is 1. The Bertz CT molecular complexity index is 1200. The van der Waals surface area contributed by atoms with E-state index in [1.807, 2.05) is 45.0 Å². The van der Waals surface area contributed by atoms with Gasteiger partial charge in [-0.15, -0.1) is 0 Å². The number of anilines is 1. The molecule has 3 aromatic rings. The maximum absolute atomic E-state index is 11.1. The van der Waals surface area contributed by atoms with E-state index < -0.39 is 11.4 Å². The van der Waals surface area contributed by atoms with Crippen LogP contribution >= 0.6 is 0 Å². The Morgan fingerprint density at radius 2 is 1.78 bits per heavy atom. The van der Waals surface area contributed by atoms with Crippen LogP contribution in [0.15, 0.2) is 35.1 Å². The van der Waals surface area contributed by atoms with E-state index in [1.165, 1.54) is 6.33 Å². The summed E-state index contributed by atoms with van der Waals surface area (Å²) < 4.78 is 39.0. The van der Waals surface area contributed by atoms with Crippen LogP contribution in [0.3, 0.4) is 0 Å². The number of rotatable bonds is 8. The molecule has 0 atom stereocenters. The normalized spacial score (nSPS) is 20.8. The third-order valence-corrected chi connectivity index (χ3v) is 7.05. The standard InChI is InChI=1S/C25H31N5O6S/c1-16(2)22-28-25(36-29-22)30-10-8-21(9-11-30)35-24-17(3)23(26-15-27-24)34-20-6-4-18(5-7-20)12-19-13-32-37(31)33-14-19/h4-7,15-16,19,21H,8-14H2,1-3H3/t19-,37+. The van der Waals surface area contributed by atoms with Crippen LogP contribution in [0.2, 0.25) is 0 Å². The maximum Gasteiger partial charge on any atom is 0.324 e. The fourth-order valence-corrected chi connectivity index (χ4v) is 4.87. The predicted molar refractivity (Wildman–Crippen MR) is 135 cm³/mol. The van der Waals surface area contributed by atoms with Crippen LogP contribution < -0.4 is 14.4 Å². The molecule has 37 heavy (non-hydrogen) atoms. The lowest BCUT2D eigenvalue weighted by Gasteiger charge is -2.30. The molecule has 0 spiro atoms. The van der Waals surface area contributed by atoms with Crippen LogP contribution in [0.1, 0.15) is 49.6 Å². The molecule has 2 saturated heterocycles. The second-order valence-electron chi connectivity index (χ2n) is 9.59. The number of hydrogen-bond acceptors (Lipinski definition) is 11. The Balaban J connectivity index is 1.15. The minimum atomic E-state index is -1.62. The second-order valence-corrected chi connectivity index (χ2v) is 10.5. The maximum atomic E-state index is 11.1. The number of nitrogens with zero attached hydrogens (tertiary/aromatic N) is 5. The Kier molecular flexibility index (Phi) is 7.96. The Hall–Kier alpha value is -3.09. The highest BCUT2D eigenvalue weighted by atomic mass is 32.2. The summed E-state index contributed by atoms with van der Waals surface area (Å²) in [6.45, 7) is 8.35. The van der Waals surface area contributed by atoms with Gasteiger partial charge in [0.2, 0.25) is 11.8 Å². The van der Waals surface area contributed by atoms with Gasteiger partial charge in [-0.3, -0.25) is 8.37 Å². The lowest BCUT2D eigenvalue weighted by Crippen LogP contribution is -2.38. The summed E-state index contributed by atoms with van der Waals surface area (Å²) in [6, 6.07) is 8.36. The Morgan fingerprint density at radius 1 is 1.08 bits per heavy atom. The van der Waals surface area contributed by atoms with Crippen molar-refractivity contribution in [1.29, 1.82) is 0 Å². The van der Waals surface area contributed by atoms with Gasteiger partial charge in [0.05, 0.1) is 18.8 Å². The molecule has 0 bridgehead atoms. The van der Waals surface area contributed by atoms with Gasteiger partial charge >= 0.3 is 17.4 Å². The van der Waals surface area contributed by atoms with Crippen molar-refractivity contribution in [2.24, 2.45) is 5.92 Å². The second kappa shape index (κ2) is 11.5. The molecule has 0 unspecified atom stereocenters. The molecule has 5 rings (SSSR count). The zero-order valence-corrected chi connectivity index (χ0v) is 22.0. The van der Waals surface area contributed by atoms with Crippen LogP contribution in [0.25, 0.3) is 0 Å². The van der Waals surface area contributed by atoms with E-state index in [-0.39, 0.29) is 17.9 Å². The number of ether oxygens (including phenoxy) is 2. The summed E-state index contributed by atoms with van der Waals surface area (Å²) in [6.07, 6.45) is 3.88. The highest BCUT2D eigenvalue weighted by Gasteiger charge is 2.26. The molecule has 1 aromatic carbocycles. The summed E-state index contributed by atoms with van der Waals surface area (Å²) >= 11 is -1.62. The van der Waals surface area contributed by atoms with E-state index in [4.69, 9.17) is 22.4 Å². The summed E-state index contributed by atoms with van der Waals surface area (Å²) in [4.78, 5) is 15.2. The fraction of sp³-hybridized carbons (Fsp3) is 0.520. The molecule has 0 N–H and O–H groups in total. The van der Waals surface area contributed by atoms with Gasteiger partial charge in [-0.2, -0.15) is 9.19 Å². The van der Waals surface area contributed by atoms with Crippen molar-refractivity contribution in [2.75, 3.05) is 31.2 Å². The first kappa shape index (κ1) is 25.6. The van der Waals surface area contributed by atoms with Crippen LogP contribution in [-0.4, -0.2) is 56.7 Å². The van der Waals surface area contributed by atoms with Gasteiger partial charge in [-0.05, 0) is 31.0 Å². The summed E-state index contributed by atoms with van der Waals surface area (Å²) in [5.74, 6) is 2.77. The predicted octanol–water partition coefficient (Wildman–Crippen LogP) is 3.92. The summed E-state index contributed by atoms with van der Waals surface area (Å²) in [5, 5.41) is 4.06. The molecule has 0 aliphatic carbocycles. The molecule has 198 valence electrons. The molecular weight excluding hydrogens is 498 g/mol. The van der Waals surface area contributed by atoms with Crippen LogP contribution in [-0.2, 0) is 26.1 Å². The molecule has 12 heteroatoms. The first-order chi connectivity index (χ1) is 17.9. The topological polar surface area (TPSA) is 122 Å². The van der Waals surface area contributed by atoms with E-state index in [0.717, 1.165) is 49.3 Å². The Labute approximate surface area is 218 Å². The third-order valence-electron chi connectivity index (χ3n) is 6.39. The number of aromatic nitrogens is 4. The minimum Gasteiger partial charge on any atom is -0.474 e. The molecule has 0 radical (unpaired) electrons. The van der Waals surface area contributed by atoms with E-state index in [0.29, 0.717) is 36.7 Å². The van der Waals surface area contributed by atoms with Gasteiger partial charge < -0.3 is 18.9 Å². The zero-order valence-electron chi connectivity index (χ0n) is 21.2. The smallest absolute Gasteiger partial charge is 0.324 e. The van der Waals surface area contributed by atoms with Gasteiger partial charge in [0, 0.05) is 37.8 Å². The van der Waals surface area contributed by atoms with Gasteiger partial charge in [0.15, 0.2) is 5.82 Å². The molecule has 2 fully saturated rings. The average Bonchev–Trinajstić information content (AvgIpc) is 3.40. The van der Waals surface area contributed by atoms with Crippen LogP contribution in [0.5, 0.6) is 17.5 Å². The largest absolute Gasteiger partial charge is 0.474 e. The number of hydrogen-bond donors (Lipinski definition) is 0. The average molecular weight is 530 g/mol. The number of piperidine rings is 1. The Morgan fingerprint density at radius 3 is 2.46 bits per heavy atom. The first-order valence-electron chi connectivity index (χ1n) is 12.5. The molecule has 0 amide bonds. The molecule has 0 saturated carbocycles. The van der Waals surface area contributed by atoms with E-state index in [1.54, 1.807) is 0 Å². The van der Waals surface area contributed by atoms with E-state index in [9.17, 15) is 4.21 Å². The minimum absolute atomic E-state index is 0.0228. The van der Waals surface area contributed by atoms with Crippen LogP contribution in [0, 0.1) is 12.8 Å². The highest BCUT2D eigenvalue weighted by molar-refractivity contribution is 7.75. The van der Waals surface area contributed by atoms with Crippen LogP contribution in [0.4, 0.5) is 6.01 Å². The molecular formula is C25H31N5O6S. The summed E-state index contributed by atoms with van der Waals surface area (Å²) in [5.41, 5.74) is 1.87. The summed E-state index contributed by atoms with van der Waals surface area (Å²) in [7, 11) is 0. The molecule has 2 aliphatic heterocycles. The van der Waals surface area contributed by atoms with Gasteiger partial charge in [-0.1, -0.05) is 31.1 Å². The van der Waals surface area contributed by atoms with Crippen molar-refractivity contribution in [2.45, 2.75) is 52.1 Å². The molecule has 4 heterocycles. The molecule has 2 aromatic heterocycles. The van der Waals surface area contributed by atoms with Gasteiger partial charge in [0.25, 0.3) is 0 Å². The quantitative estimate of drug-likeness (QED) is 0.422. The van der Waals surface area contributed by atoms with Crippen molar-refractivity contribution in [3.05, 3.63) is 47.5 Å². The monoisotopic (exact) mass is 529 g/mol. The van der Waals surface area contributed by atoms with E-state index in [2.05, 4.69) is 25.0 Å². The van der Waals surface area contributed by atoms with Gasteiger partial charge in [-0.25, -0.2) is 9.97 Å². The highest BCUT2D eigenvalue weighted by Crippen LogP contribution is 2.30. The lowest BCUT2D eigenvalue weighted by molar-refractivity contribution is 0.124. The van der Waals surface area contributed by atoms with Crippen molar-refractivity contribution in [3.63, 3.8) is 0 Å². The van der Waals surface area contributed by atoms with E-state index >= 15 is 0 Å². The van der Waals surface area contributed by atoms with Crippen molar-refractivity contribution >= 4 is 17.4 Å². The third kappa shape index (κ3) is 6.43. The van der Waals surface area contributed by atoms with Gasteiger partial charge in [0.1, 0.15) is 18.2 Å². The first-order valence-corrected chi connectivity index (χ1v) is 13.5. The van der Waals surface area contributed by atoms with Crippen molar-refractivity contribution in [3.8, 4) is 17.5 Å². The fourth-order valence-electron chi connectivity index (χ4n) is 4.19. The van der Waals surface area contributed by atoms with Crippen molar-refractivity contribution < 1.29 is 26.6 Å². The molecule has 11 nitrogen and oxygen atoms in total. The SMILES string of the molecule is Cc1c(Oc2ccc(C[C@H]3CO[S@@](=O)OC3)cc2)ncnc1OC1CCN(c2nc(C(C)C)no2)CC1. The lowest BCUT2D eigenvalue weighted by atomic mass is 10.0. The zero-order chi connectivity index (χ0) is 25.8. The molecule has 2 aliphatic rings.